The second-order valence-corrected chi connectivity index (χ2v) is 6.91. The van der Waals surface area contributed by atoms with Crippen LogP contribution in [0.3, 0.4) is 0 Å². The summed E-state index contributed by atoms with van der Waals surface area (Å²) < 4.78 is 6.14. The molecule has 2 aromatic rings. The molecule has 0 saturated heterocycles. The maximum atomic E-state index is 6.14. The van der Waals surface area contributed by atoms with Gasteiger partial charge in [-0.3, -0.25) is 0 Å². The first-order chi connectivity index (χ1) is 9.40. The molecule has 1 atom stereocenters. The zero-order valence-corrected chi connectivity index (χ0v) is 13.4. The molecule has 0 amide bonds. The molecule has 1 aromatic heterocycles. The third-order valence-electron chi connectivity index (χ3n) is 3.56. The zero-order valence-electron chi connectivity index (χ0n) is 13.4. The number of rotatable bonds is 5. The first-order valence-corrected chi connectivity index (χ1v) is 7.63. The summed E-state index contributed by atoms with van der Waals surface area (Å²) >= 11 is 0. The van der Waals surface area contributed by atoms with E-state index in [-0.39, 0.29) is 5.41 Å². The van der Waals surface area contributed by atoms with Crippen LogP contribution in [0.5, 0.6) is 0 Å². The van der Waals surface area contributed by atoms with Crippen LogP contribution in [0, 0.1) is 12.3 Å². The minimum atomic E-state index is 0.277. The van der Waals surface area contributed by atoms with Crippen LogP contribution in [0.1, 0.15) is 57.9 Å². The van der Waals surface area contributed by atoms with Crippen molar-refractivity contribution in [1.29, 1.82) is 0 Å². The van der Waals surface area contributed by atoms with Crippen molar-refractivity contribution in [3.05, 3.63) is 35.6 Å². The first-order valence-electron chi connectivity index (χ1n) is 7.63. The molecule has 0 aliphatic rings. The molecule has 0 aliphatic carbocycles. The molecule has 0 aliphatic heterocycles. The van der Waals surface area contributed by atoms with Crippen LogP contribution >= 0.6 is 0 Å². The molecule has 20 heavy (non-hydrogen) atoms. The van der Waals surface area contributed by atoms with Gasteiger partial charge in [-0.15, -0.1) is 0 Å². The van der Waals surface area contributed by atoms with E-state index in [4.69, 9.17) is 4.42 Å². The van der Waals surface area contributed by atoms with Crippen molar-refractivity contribution in [2.24, 2.45) is 5.41 Å². The van der Waals surface area contributed by atoms with Crippen molar-refractivity contribution in [1.82, 2.24) is 5.32 Å². The Morgan fingerprint density at radius 1 is 1.25 bits per heavy atom. The van der Waals surface area contributed by atoms with Gasteiger partial charge >= 0.3 is 0 Å². The quantitative estimate of drug-likeness (QED) is 0.808. The molecule has 0 spiro atoms. The normalized spacial score (nSPS) is 13.8. The summed E-state index contributed by atoms with van der Waals surface area (Å²) in [6.45, 7) is 12.2. The molecule has 1 heterocycles. The van der Waals surface area contributed by atoms with Gasteiger partial charge in [0, 0.05) is 5.39 Å². The summed E-state index contributed by atoms with van der Waals surface area (Å²) in [5.41, 5.74) is 2.51. The predicted octanol–water partition coefficient (Wildman–Crippen LogP) is 5.22. The minimum absolute atomic E-state index is 0.277. The molecule has 0 saturated carbocycles. The van der Waals surface area contributed by atoms with E-state index >= 15 is 0 Å². The second kappa shape index (κ2) is 6.01. The standard InChI is InChI=1S/C18H27NO/c1-6-10-19-15(12-18(3,4)5)16-11-14-9-7-8-13(2)17(14)20-16/h7-9,11,15,19H,6,10,12H2,1-5H3. The summed E-state index contributed by atoms with van der Waals surface area (Å²) in [5, 5.41) is 4.83. The molecule has 1 aromatic carbocycles. The van der Waals surface area contributed by atoms with Crippen molar-refractivity contribution in [3.63, 3.8) is 0 Å². The third-order valence-corrected chi connectivity index (χ3v) is 3.56. The Morgan fingerprint density at radius 3 is 2.60 bits per heavy atom. The number of nitrogens with one attached hydrogen (secondary N) is 1. The highest BCUT2D eigenvalue weighted by Gasteiger charge is 2.22. The highest BCUT2D eigenvalue weighted by molar-refractivity contribution is 5.81. The van der Waals surface area contributed by atoms with Gasteiger partial charge in [0.25, 0.3) is 0 Å². The van der Waals surface area contributed by atoms with E-state index in [1.807, 2.05) is 0 Å². The highest BCUT2D eigenvalue weighted by atomic mass is 16.3. The van der Waals surface area contributed by atoms with Crippen LogP contribution in [0.2, 0.25) is 0 Å². The van der Waals surface area contributed by atoms with Gasteiger partial charge in [0.15, 0.2) is 0 Å². The highest BCUT2D eigenvalue weighted by Crippen LogP contribution is 2.33. The van der Waals surface area contributed by atoms with E-state index < -0.39 is 0 Å². The largest absolute Gasteiger partial charge is 0.459 e. The zero-order chi connectivity index (χ0) is 14.8. The summed E-state index contributed by atoms with van der Waals surface area (Å²) in [4.78, 5) is 0. The Bertz CT molecular complexity index is 562. The third kappa shape index (κ3) is 3.63. The van der Waals surface area contributed by atoms with Gasteiger partial charge < -0.3 is 9.73 Å². The maximum absolute atomic E-state index is 6.14. The van der Waals surface area contributed by atoms with Gasteiger partial charge in [0.1, 0.15) is 11.3 Å². The Labute approximate surface area is 122 Å². The van der Waals surface area contributed by atoms with E-state index in [1.54, 1.807) is 0 Å². The Kier molecular flexibility index (Phi) is 4.54. The number of hydrogen-bond donors (Lipinski definition) is 1. The van der Waals surface area contributed by atoms with E-state index in [2.05, 4.69) is 64.2 Å². The second-order valence-electron chi connectivity index (χ2n) is 6.91. The molecule has 2 nitrogen and oxygen atoms in total. The van der Waals surface area contributed by atoms with E-state index in [0.29, 0.717) is 6.04 Å². The van der Waals surface area contributed by atoms with Gasteiger partial charge in [0.2, 0.25) is 0 Å². The maximum Gasteiger partial charge on any atom is 0.137 e. The molecule has 1 N–H and O–H groups in total. The Hall–Kier alpha value is -1.28. The molecular formula is C18H27NO. The van der Waals surface area contributed by atoms with Crippen LogP contribution < -0.4 is 5.32 Å². The van der Waals surface area contributed by atoms with Crippen LogP contribution in [0.15, 0.2) is 28.7 Å². The lowest BCUT2D eigenvalue weighted by Gasteiger charge is -2.25. The van der Waals surface area contributed by atoms with Crippen molar-refractivity contribution >= 4 is 11.0 Å². The molecular weight excluding hydrogens is 246 g/mol. The van der Waals surface area contributed by atoms with Crippen molar-refractivity contribution in [2.75, 3.05) is 6.54 Å². The lowest BCUT2D eigenvalue weighted by Crippen LogP contribution is -2.26. The Morgan fingerprint density at radius 2 is 2.00 bits per heavy atom. The Balaban J connectivity index is 2.32. The van der Waals surface area contributed by atoms with Gasteiger partial charge in [-0.2, -0.15) is 0 Å². The first kappa shape index (κ1) is 15.1. The lowest BCUT2D eigenvalue weighted by molar-refractivity contribution is 0.287. The van der Waals surface area contributed by atoms with E-state index in [0.717, 1.165) is 30.7 Å². The SMILES string of the molecule is CCCNC(CC(C)(C)C)c1cc2cccc(C)c2o1. The molecule has 2 heteroatoms. The molecule has 1 unspecified atom stereocenters. The predicted molar refractivity (Wildman–Crippen MR) is 86.1 cm³/mol. The topological polar surface area (TPSA) is 25.2 Å². The fourth-order valence-corrected chi connectivity index (χ4v) is 2.60. The van der Waals surface area contributed by atoms with Crippen LogP contribution in [0.4, 0.5) is 0 Å². The van der Waals surface area contributed by atoms with Crippen LogP contribution in [0.25, 0.3) is 11.0 Å². The number of aryl methyl sites for hydroxylation is 1. The van der Waals surface area contributed by atoms with Crippen LogP contribution in [-0.2, 0) is 0 Å². The molecule has 0 bridgehead atoms. The number of para-hydroxylation sites is 1. The van der Waals surface area contributed by atoms with Gasteiger partial charge in [-0.1, -0.05) is 45.9 Å². The smallest absolute Gasteiger partial charge is 0.137 e. The average molecular weight is 273 g/mol. The lowest BCUT2D eigenvalue weighted by atomic mass is 9.87. The van der Waals surface area contributed by atoms with Crippen molar-refractivity contribution < 1.29 is 4.42 Å². The molecule has 0 fully saturated rings. The molecule has 110 valence electrons. The number of furan rings is 1. The summed E-state index contributed by atoms with van der Waals surface area (Å²) in [6.07, 6.45) is 2.21. The number of hydrogen-bond acceptors (Lipinski definition) is 2. The van der Waals surface area contributed by atoms with E-state index in [1.165, 1.54) is 10.9 Å². The van der Waals surface area contributed by atoms with E-state index in [9.17, 15) is 0 Å². The summed E-state index contributed by atoms with van der Waals surface area (Å²) in [5.74, 6) is 1.07. The monoisotopic (exact) mass is 273 g/mol. The average Bonchev–Trinajstić information content (AvgIpc) is 2.78. The molecule has 2 rings (SSSR count). The van der Waals surface area contributed by atoms with Crippen molar-refractivity contribution in [2.45, 2.75) is 53.5 Å². The number of fused-ring (bicyclic) bond motifs is 1. The fraction of sp³-hybridized carbons (Fsp3) is 0.556. The van der Waals surface area contributed by atoms with Gasteiger partial charge in [0.05, 0.1) is 6.04 Å². The minimum Gasteiger partial charge on any atom is -0.459 e. The fourth-order valence-electron chi connectivity index (χ4n) is 2.60. The summed E-state index contributed by atoms with van der Waals surface area (Å²) in [6, 6.07) is 8.81. The summed E-state index contributed by atoms with van der Waals surface area (Å²) in [7, 11) is 0. The molecule has 0 radical (unpaired) electrons. The van der Waals surface area contributed by atoms with Gasteiger partial charge in [-0.05, 0) is 43.4 Å². The van der Waals surface area contributed by atoms with Crippen LogP contribution in [-0.4, -0.2) is 6.54 Å². The number of benzene rings is 1. The van der Waals surface area contributed by atoms with Crippen molar-refractivity contribution in [3.8, 4) is 0 Å². The van der Waals surface area contributed by atoms with Gasteiger partial charge in [-0.25, -0.2) is 0 Å².